The summed E-state index contributed by atoms with van der Waals surface area (Å²) in [7, 11) is -0.421. The third-order valence-corrected chi connectivity index (χ3v) is 7.26. The van der Waals surface area contributed by atoms with Crippen molar-refractivity contribution in [2.45, 2.75) is 66.0 Å². The van der Waals surface area contributed by atoms with Gasteiger partial charge in [0.25, 0.3) is 0 Å². The SMILES string of the molecule is Cc1cc(/C=C/C#N)cc(C)c1Oc1nc(Nc2ccc(B3OC(C)(C)C(C)(C)O3)cc2)nc2c1COC2. The molecule has 0 saturated carbocycles. The Morgan fingerprint density at radius 1 is 1.00 bits per heavy atom. The van der Waals surface area contributed by atoms with Gasteiger partial charge in [0.2, 0.25) is 11.8 Å². The van der Waals surface area contributed by atoms with E-state index in [0.29, 0.717) is 25.0 Å². The van der Waals surface area contributed by atoms with E-state index in [4.69, 9.17) is 29.0 Å². The van der Waals surface area contributed by atoms with Gasteiger partial charge in [-0.1, -0.05) is 12.1 Å². The zero-order valence-electron chi connectivity index (χ0n) is 22.6. The molecule has 0 amide bonds. The van der Waals surface area contributed by atoms with Gasteiger partial charge in [0.15, 0.2) is 0 Å². The molecular formula is C29H31BN4O4. The van der Waals surface area contributed by atoms with Gasteiger partial charge in [-0.2, -0.15) is 10.2 Å². The Bertz CT molecular complexity index is 1410. The molecule has 1 N–H and O–H groups in total. The molecule has 1 saturated heterocycles. The van der Waals surface area contributed by atoms with Crippen molar-refractivity contribution in [3.63, 3.8) is 0 Å². The topological polar surface area (TPSA) is 98.5 Å². The van der Waals surface area contributed by atoms with E-state index in [-0.39, 0.29) is 0 Å². The molecule has 5 rings (SSSR count). The van der Waals surface area contributed by atoms with Crippen LogP contribution in [0.15, 0.2) is 42.5 Å². The first-order valence-corrected chi connectivity index (χ1v) is 12.6. The van der Waals surface area contributed by atoms with Crippen molar-refractivity contribution in [1.29, 1.82) is 5.26 Å². The third-order valence-electron chi connectivity index (χ3n) is 7.26. The molecule has 9 heteroatoms. The van der Waals surface area contributed by atoms with E-state index < -0.39 is 18.3 Å². The Balaban J connectivity index is 1.37. The average molecular weight is 510 g/mol. The number of anilines is 2. The summed E-state index contributed by atoms with van der Waals surface area (Å²) in [5.41, 5.74) is 5.47. The number of aryl methyl sites for hydroxylation is 2. The first-order valence-electron chi connectivity index (χ1n) is 12.6. The Labute approximate surface area is 223 Å². The van der Waals surface area contributed by atoms with E-state index in [9.17, 15) is 0 Å². The summed E-state index contributed by atoms with van der Waals surface area (Å²) < 4.78 is 24.3. The van der Waals surface area contributed by atoms with Gasteiger partial charge in [-0.15, -0.1) is 0 Å². The van der Waals surface area contributed by atoms with Crippen LogP contribution < -0.4 is 15.5 Å². The quantitative estimate of drug-likeness (QED) is 0.343. The van der Waals surface area contributed by atoms with E-state index in [2.05, 4.69) is 10.3 Å². The molecule has 0 radical (unpaired) electrons. The average Bonchev–Trinajstić information content (AvgIpc) is 3.41. The van der Waals surface area contributed by atoms with Gasteiger partial charge < -0.3 is 24.1 Å². The molecule has 8 nitrogen and oxygen atoms in total. The predicted octanol–water partition coefficient (Wildman–Crippen LogP) is 5.50. The highest BCUT2D eigenvalue weighted by molar-refractivity contribution is 6.62. The van der Waals surface area contributed by atoms with Gasteiger partial charge in [0.05, 0.1) is 41.7 Å². The maximum absolute atomic E-state index is 8.83. The molecule has 2 aliphatic heterocycles. The maximum Gasteiger partial charge on any atom is 0.494 e. The number of allylic oxidation sites excluding steroid dienone is 1. The summed E-state index contributed by atoms with van der Waals surface area (Å²) in [5, 5.41) is 12.1. The summed E-state index contributed by atoms with van der Waals surface area (Å²) in [5.74, 6) is 1.62. The van der Waals surface area contributed by atoms with E-state index in [1.807, 2.05) is 84.0 Å². The second kappa shape index (κ2) is 9.88. The fraction of sp³-hybridized carbons (Fsp3) is 0.345. The van der Waals surface area contributed by atoms with Crippen LogP contribution in [-0.2, 0) is 27.3 Å². The molecule has 1 fully saturated rings. The summed E-state index contributed by atoms with van der Waals surface area (Å²) in [6.45, 7) is 12.9. The number of ether oxygens (including phenoxy) is 2. The van der Waals surface area contributed by atoms with Gasteiger partial charge in [-0.25, -0.2) is 4.98 Å². The van der Waals surface area contributed by atoms with Crippen LogP contribution in [0, 0.1) is 25.2 Å². The van der Waals surface area contributed by atoms with Crippen molar-refractivity contribution in [2.24, 2.45) is 0 Å². The molecule has 0 unspecified atom stereocenters. The van der Waals surface area contributed by atoms with Crippen LogP contribution in [0.5, 0.6) is 11.6 Å². The molecule has 0 atom stereocenters. The number of nitriles is 1. The Morgan fingerprint density at radius 3 is 2.29 bits per heavy atom. The predicted molar refractivity (Wildman–Crippen MR) is 147 cm³/mol. The van der Waals surface area contributed by atoms with Crippen LogP contribution >= 0.6 is 0 Å². The maximum atomic E-state index is 8.83. The molecular weight excluding hydrogens is 479 g/mol. The van der Waals surface area contributed by atoms with Crippen molar-refractivity contribution in [1.82, 2.24) is 9.97 Å². The van der Waals surface area contributed by atoms with E-state index >= 15 is 0 Å². The van der Waals surface area contributed by atoms with Gasteiger partial charge in [0, 0.05) is 11.8 Å². The number of nitrogens with zero attached hydrogens (tertiary/aromatic N) is 3. The summed E-state index contributed by atoms with van der Waals surface area (Å²) in [4.78, 5) is 9.36. The highest BCUT2D eigenvalue weighted by Crippen LogP contribution is 2.37. The number of rotatable bonds is 6. The number of fused-ring (bicyclic) bond motifs is 1. The number of benzene rings is 2. The van der Waals surface area contributed by atoms with E-state index in [1.165, 1.54) is 6.08 Å². The molecule has 2 aliphatic rings. The first kappa shape index (κ1) is 25.9. The normalized spacial score (nSPS) is 17.4. The lowest BCUT2D eigenvalue weighted by Crippen LogP contribution is -2.41. The highest BCUT2D eigenvalue weighted by atomic mass is 16.7. The van der Waals surface area contributed by atoms with E-state index in [1.54, 1.807) is 6.08 Å². The molecule has 2 aromatic carbocycles. The molecule has 38 heavy (non-hydrogen) atoms. The second-order valence-corrected chi connectivity index (χ2v) is 10.7. The van der Waals surface area contributed by atoms with Crippen LogP contribution in [0.4, 0.5) is 11.6 Å². The second-order valence-electron chi connectivity index (χ2n) is 10.7. The summed E-state index contributed by atoms with van der Waals surface area (Å²) in [6, 6.07) is 13.9. The number of hydrogen-bond acceptors (Lipinski definition) is 8. The molecule has 0 bridgehead atoms. The standard InChI is InChI=1S/C29H31BN4O4/c1-18-14-20(8-7-13-31)15-19(2)25(18)36-26-23-16-35-17-24(23)33-27(34-26)32-22-11-9-21(10-12-22)30-37-28(3,4)29(5,6)38-30/h7-12,14-15H,16-17H2,1-6H3,(H,32,33,34)/b8-7+. The zero-order chi connectivity index (χ0) is 27.1. The van der Waals surface area contributed by atoms with Gasteiger partial charge >= 0.3 is 7.12 Å². The number of aromatic nitrogens is 2. The Kier molecular flexibility index (Phi) is 6.74. The van der Waals surface area contributed by atoms with Crippen LogP contribution in [0.3, 0.4) is 0 Å². The lowest BCUT2D eigenvalue weighted by Gasteiger charge is -2.32. The smallest absolute Gasteiger partial charge is 0.438 e. The summed E-state index contributed by atoms with van der Waals surface area (Å²) in [6.07, 6.45) is 3.24. The minimum atomic E-state index is -0.421. The molecule has 3 aromatic rings. The fourth-order valence-corrected chi connectivity index (χ4v) is 4.46. The van der Waals surface area contributed by atoms with Crippen molar-refractivity contribution in [3.8, 4) is 17.7 Å². The van der Waals surface area contributed by atoms with Crippen LogP contribution in [0.1, 0.15) is 55.6 Å². The van der Waals surface area contributed by atoms with Crippen molar-refractivity contribution >= 4 is 30.3 Å². The monoisotopic (exact) mass is 510 g/mol. The van der Waals surface area contributed by atoms with Gasteiger partial charge in [-0.3, -0.25) is 0 Å². The highest BCUT2D eigenvalue weighted by Gasteiger charge is 2.51. The van der Waals surface area contributed by atoms with Gasteiger partial charge in [-0.05, 0) is 94.0 Å². The molecule has 1 aromatic heterocycles. The minimum Gasteiger partial charge on any atom is -0.438 e. The van der Waals surface area contributed by atoms with Crippen molar-refractivity contribution in [3.05, 3.63) is 70.4 Å². The molecule has 3 heterocycles. The minimum absolute atomic E-state index is 0.393. The first-order chi connectivity index (χ1) is 18.1. The Hall–Kier alpha value is -3.71. The lowest BCUT2D eigenvalue weighted by atomic mass is 9.79. The molecule has 0 spiro atoms. The number of hydrogen-bond donors (Lipinski definition) is 1. The van der Waals surface area contributed by atoms with Crippen LogP contribution in [0.25, 0.3) is 6.08 Å². The van der Waals surface area contributed by atoms with E-state index in [0.717, 1.165) is 44.8 Å². The van der Waals surface area contributed by atoms with Crippen LogP contribution in [-0.4, -0.2) is 28.3 Å². The van der Waals surface area contributed by atoms with Crippen molar-refractivity contribution in [2.75, 3.05) is 5.32 Å². The third kappa shape index (κ3) is 5.03. The summed E-state index contributed by atoms with van der Waals surface area (Å²) >= 11 is 0. The van der Waals surface area contributed by atoms with Crippen LogP contribution in [0.2, 0.25) is 0 Å². The van der Waals surface area contributed by atoms with Gasteiger partial charge in [0.1, 0.15) is 5.75 Å². The Morgan fingerprint density at radius 2 is 1.66 bits per heavy atom. The largest absolute Gasteiger partial charge is 0.494 e. The lowest BCUT2D eigenvalue weighted by molar-refractivity contribution is 0.00578. The zero-order valence-corrected chi connectivity index (χ0v) is 22.6. The molecule has 0 aliphatic carbocycles. The fourth-order valence-electron chi connectivity index (χ4n) is 4.46. The van der Waals surface area contributed by atoms with Crippen molar-refractivity contribution < 1.29 is 18.8 Å². The molecule has 194 valence electrons. The number of nitrogens with one attached hydrogen (secondary N) is 1.